The van der Waals surface area contributed by atoms with E-state index < -0.39 is 21.6 Å². The van der Waals surface area contributed by atoms with Crippen LogP contribution in [0.5, 0.6) is 0 Å². The molecule has 0 radical (unpaired) electrons. The number of primary sulfonamides is 1. The normalized spacial score (nSPS) is 16.3. The third-order valence-electron chi connectivity index (χ3n) is 6.24. The Morgan fingerprint density at radius 1 is 1.03 bits per heavy atom. The monoisotopic (exact) mass is 506 g/mol. The number of sulfonamides is 1. The van der Waals surface area contributed by atoms with E-state index >= 15 is 0 Å². The molecule has 0 aromatic heterocycles. The lowest BCUT2D eigenvalue weighted by atomic mass is 10.0. The van der Waals surface area contributed by atoms with E-state index in [1.54, 1.807) is 36.9 Å². The number of carbonyl (C=O) groups is 2. The summed E-state index contributed by atoms with van der Waals surface area (Å²) in [6, 6.07) is 20.9. The number of nitrogens with two attached hydrogens (primary N) is 2. The molecule has 0 saturated heterocycles. The second kappa shape index (κ2) is 9.85. The summed E-state index contributed by atoms with van der Waals surface area (Å²) in [4.78, 5) is 27.9. The quantitative estimate of drug-likeness (QED) is 0.472. The molecule has 0 aliphatic carbocycles. The summed E-state index contributed by atoms with van der Waals surface area (Å²) < 4.78 is 24.0. The van der Waals surface area contributed by atoms with Crippen LogP contribution >= 0.6 is 0 Å². The van der Waals surface area contributed by atoms with Crippen molar-refractivity contribution < 1.29 is 18.0 Å². The molecule has 4 rings (SSSR count). The number of nitrogens with zero attached hydrogens (tertiary/aromatic N) is 1. The Balaban J connectivity index is 1.64. The first-order valence-electron chi connectivity index (χ1n) is 11.7. The highest BCUT2D eigenvalue weighted by molar-refractivity contribution is 7.89. The summed E-state index contributed by atoms with van der Waals surface area (Å²) in [5.41, 5.74) is 8.71. The molecular weight excluding hydrogens is 476 g/mol. The minimum Gasteiger partial charge on any atom is -0.343 e. The van der Waals surface area contributed by atoms with E-state index in [4.69, 9.17) is 10.9 Å². The van der Waals surface area contributed by atoms with E-state index in [2.05, 4.69) is 5.32 Å². The summed E-state index contributed by atoms with van der Waals surface area (Å²) >= 11 is 0. The third kappa shape index (κ3) is 5.48. The maximum atomic E-state index is 13.6. The molecule has 0 bridgehead atoms. The number of para-hydroxylation sites is 1. The van der Waals surface area contributed by atoms with Crippen molar-refractivity contribution in [1.29, 1.82) is 0 Å². The zero-order valence-corrected chi connectivity index (χ0v) is 21.1. The van der Waals surface area contributed by atoms with Crippen LogP contribution in [0.2, 0.25) is 0 Å². The number of amides is 2. The van der Waals surface area contributed by atoms with Crippen molar-refractivity contribution in [3.05, 3.63) is 83.9 Å². The molecule has 0 saturated carbocycles. The largest absolute Gasteiger partial charge is 0.343 e. The molecule has 188 valence electrons. The van der Waals surface area contributed by atoms with Crippen LogP contribution in [-0.4, -0.2) is 31.8 Å². The molecule has 1 atom stereocenters. The van der Waals surface area contributed by atoms with Gasteiger partial charge < -0.3 is 16.0 Å². The number of rotatable bonds is 6. The van der Waals surface area contributed by atoms with Crippen molar-refractivity contribution in [2.24, 2.45) is 10.9 Å². The van der Waals surface area contributed by atoms with Crippen LogP contribution in [0.3, 0.4) is 0 Å². The molecular formula is C27H30N4O4S. The summed E-state index contributed by atoms with van der Waals surface area (Å²) in [7, 11) is -3.88. The molecule has 2 amide bonds. The average Bonchev–Trinajstić information content (AvgIpc) is 2.96. The fourth-order valence-corrected chi connectivity index (χ4v) is 5.04. The van der Waals surface area contributed by atoms with Crippen LogP contribution < -0.4 is 21.1 Å². The van der Waals surface area contributed by atoms with Gasteiger partial charge >= 0.3 is 0 Å². The molecule has 0 spiro atoms. The Morgan fingerprint density at radius 2 is 1.67 bits per heavy atom. The average molecular weight is 507 g/mol. The fraction of sp³-hybridized carbons (Fsp3) is 0.259. The Kier molecular flexibility index (Phi) is 6.99. The van der Waals surface area contributed by atoms with E-state index in [1.807, 2.05) is 48.5 Å². The second-order valence-corrected chi connectivity index (χ2v) is 11.1. The van der Waals surface area contributed by atoms with E-state index in [-0.39, 0.29) is 23.3 Å². The molecule has 1 aliphatic heterocycles. The van der Waals surface area contributed by atoms with Crippen molar-refractivity contribution in [2.45, 2.75) is 49.7 Å². The second-order valence-electron chi connectivity index (χ2n) is 9.58. The maximum Gasteiger partial charge on any atom is 0.249 e. The van der Waals surface area contributed by atoms with Crippen molar-refractivity contribution in [2.75, 3.05) is 4.90 Å². The Hall–Kier alpha value is -3.53. The van der Waals surface area contributed by atoms with Gasteiger partial charge in [0.1, 0.15) is 6.04 Å². The van der Waals surface area contributed by atoms with Crippen LogP contribution in [0.25, 0.3) is 11.1 Å². The first kappa shape index (κ1) is 25.6. The van der Waals surface area contributed by atoms with E-state index in [9.17, 15) is 18.0 Å². The molecule has 36 heavy (non-hydrogen) atoms. The molecule has 3 aromatic rings. The Bertz CT molecular complexity index is 1400. The standard InChI is InChI=1S/C27H30N4O4S/c1-27(2,28)26(33)30-22-16-15-20-7-3-5-9-23(20)31(25(22)32)17-18-11-13-19(14-12-18)21-8-4-6-10-24(21)36(29,34)35/h3-14,22H,15-17,28H2,1-2H3,(H,30,33)(H2,29,34,35)/t22-/m1/s1. The fourth-order valence-electron chi connectivity index (χ4n) is 4.28. The van der Waals surface area contributed by atoms with Crippen LogP contribution in [0, 0.1) is 0 Å². The van der Waals surface area contributed by atoms with Gasteiger partial charge in [-0.25, -0.2) is 13.6 Å². The van der Waals surface area contributed by atoms with E-state index in [0.717, 1.165) is 16.8 Å². The van der Waals surface area contributed by atoms with Gasteiger partial charge in [-0.2, -0.15) is 0 Å². The van der Waals surface area contributed by atoms with Gasteiger partial charge in [-0.05, 0) is 55.5 Å². The third-order valence-corrected chi connectivity index (χ3v) is 7.21. The summed E-state index contributed by atoms with van der Waals surface area (Å²) in [6.07, 6.45) is 1.11. The molecule has 0 unspecified atom stereocenters. The van der Waals surface area contributed by atoms with Crippen molar-refractivity contribution in [1.82, 2.24) is 5.32 Å². The lowest BCUT2D eigenvalue weighted by Gasteiger charge is -2.28. The van der Waals surface area contributed by atoms with Gasteiger partial charge in [0.2, 0.25) is 21.8 Å². The lowest BCUT2D eigenvalue weighted by Crippen LogP contribution is -2.56. The maximum absolute atomic E-state index is 13.6. The van der Waals surface area contributed by atoms with Gasteiger partial charge in [0.05, 0.1) is 17.0 Å². The lowest BCUT2D eigenvalue weighted by molar-refractivity contribution is -0.130. The summed E-state index contributed by atoms with van der Waals surface area (Å²) in [5.74, 6) is -0.592. The predicted octanol–water partition coefficient (Wildman–Crippen LogP) is 2.70. The molecule has 3 aromatic carbocycles. The number of hydrogen-bond acceptors (Lipinski definition) is 5. The van der Waals surface area contributed by atoms with Gasteiger partial charge in [0, 0.05) is 11.3 Å². The van der Waals surface area contributed by atoms with Crippen LogP contribution in [0.15, 0.2) is 77.7 Å². The predicted molar refractivity (Wildman–Crippen MR) is 139 cm³/mol. The SMILES string of the molecule is CC(C)(N)C(=O)N[C@@H]1CCc2ccccc2N(Cc2ccc(-c3ccccc3S(N)(=O)=O)cc2)C1=O. The smallest absolute Gasteiger partial charge is 0.249 e. The number of carbonyl (C=O) groups excluding carboxylic acids is 2. The summed E-state index contributed by atoms with van der Waals surface area (Å²) in [5, 5.41) is 8.21. The number of benzene rings is 3. The zero-order chi connectivity index (χ0) is 26.1. The number of aryl methyl sites for hydroxylation is 1. The molecule has 1 heterocycles. The minimum absolute atomic E-state index is 0.0517. The van der Waals surface area contributed by atoms with E-state index in [0.29, 0.717) is 24.0 Å². The molecule has 5 N–H and O–H groups in total. The first-order chi connectivity index (χ1) is 16.9. The minimum atomic E-state index is -3.88. The van der Waals surface area contributed by atoms with Crippen molar-refractivity contribution in [3.8, 4) is 11.1 Å². The molecule has 1 aliphatic rings. The van der Waals surface area contributed by atoms with E-state index in [1.165, 1.54) is 6.07 Å². The number of hydrogen-bond donors (Lipinski definition) is 3. The van der Waals surface area contributed by atoms with Gasteiger partial charge in [0.25, 0.3) is 0 Å². The topological polar surface area (TPSA) is 136 Å². The zero-order valence-electron chi connectivity index (χ0n) is 20.3. The van der Waals surface area contributed by atoms with Crippen LogP contribution in [-0.2, 0) is 32.6 Å². The Labute approximate surface area is 211 Å². The number of nitrogens with one attached hydrogen (secondary N) is 1. The number of fused-ring (bicyclic) bond motifs is 1. The summed E-state index contributed by atoms with van der Waals surface area (Å²) in [6.45, 7) is 3.49. The highest BCUT2D eigenvalue weighted by atomic mass is 32.2. The van der Waals surface area contributed by atoms with Crippen LogP contribution in [0.1, 0.15) is 31.4 Å². The number of anilines is 1. The van der Waals surface area contributed by atoms with Gasteiger partial charge in [-0.15, -0.1) is 0 Å². The van der Waals surface area contributed by atoms with Crippen LogP contribution in [0.4, 0.5) is 5.69 Å². The highest BCUT2D eigenvalue weighted by Crippen LogP contribution is 2.30. The van der Waals surface area contributed by atoms with Gasteiger partial charge in [0.15, 0.2) is 0 Å². The molecule has 0 fully saturated rings. The van der Waals surface area contributed by atoms with Gasteiger partial charge in [-0.1, -0.05) is 60.7 Å². The highest BCUT2D eigenvalue weighted by Gasteiger charge is 2.34. The first-order valence-corrected chi connectivity index (χ1v) is 13.2. The van der Waals surface area contributed by atoms with Crippen molar-refractivity contribution >= 4 is 27.5 Å². The molecule has 8 nitrogen and oxygen atoms in total. The molecule has 9 heteroatoms. The van der Waals surface area contributed by atoms with Crippen molar-refractivity contribution in [3.63, 3.8) is 0 Å². The Morgan fingerprint density at radius 3 is 2.33 bits per heavy atom. The van der Waals surface area contributed by atoms with Gasteiger partial charge in [-0.3, -0.25) is 9.59 Å².